The lowest BCUT2D eigenvalue weighted by Crippen LogP contribution is -2.35. The third kappa shape index (κ3) is 3.01. The van der Waals surface area contributed by atoms with Crippen LogP contribution >= 0.6 is 0 Å². The van der Waals surface area contributed by atoms with Gasteiger partial charge >= 0.3 is 0 Å². The maximum atomic E-state index is 6.06. The molecule has 0 bridgehead atoms. The van der Waals surface area contributed by atoms with Gasteiger partial charge in [0.15, 0.2) is 0 Å². The minimum atomic E-state index is 0.224. The summed E-state index contributed by atoms with van der Waals surface area (Å²) in [6, 6.07) is 9.54. The Morgan fingerprint density at radius 3 is 2.24 bits per heavy atom. The highest BCUT2D eigenvalue weighted by Crippen LogP contribution is 2.25. The van der Waals surface area contributed by atoms with Crippen molar-refractivity contribution in [3.05, 3.63) is 29.8 Å². The van der Waals surface area contributed by atoms with Gasteiger partial charge in [0, 0.05) is 17.8 Å². The van der Waals surface area contributed by atoms with E-state index in [0.29, 0.717) is 12.1 Å². The summed E-state index contributed by atoms with van der Waals surface area (Å²) in [7, 11) is 0. The first-order valence-corrected chi connectivity index (χ1v) is 6.59. The predicted octanol–water partition coefficient (Wildman–Crippen LogP) is 3.28. The molecule has 1 aromatic rings. The fourth-order valence-electron chi connectivity index (χ4n) is 2.45. The molecule has 2 nitrogen and oxygen atoms in total. The molecule has 0 heterocycles. The molecule has 1 fully saturated rings. The first-order valence-electron chi connectivity index (χ1n) is 6.59. The summed E-state index contributed by atoms with van der Waals surface area (Å²) in [5.74, 6) is 0. The molecule has 1 aliphatic carbocycles. The van der Waals surface area contributed by atoms with E-state index in [1.54, 1.807) is 0 Å². The summed E-state index contributed by atoms with van der Waals surface area (Å²) in [5.41, 5.74) is 8.86. The number of nitrogens with one attached hydrogen (secondary N) is 1. The number of hydrogen-bond acceptors (Lipinski definition) is 2. The van der Waals surface area contributed by atoms with E-state index in [4.69, 9.17) is 5.73 Å². The quantitative estimate of drug-likeness (QED) is 0.821. The second-order valence-corrected chi connectivity index (χ2v) is 6.17. The number of rotatable bonds is 2. The van der Waals surface area contributed by atoms with Crippen LogP contribution in [-0.4, -0.2) is 12.1 Å². The molecule has 0 amide bonds. The molecular weight excluding hydrogens is 208 g/mol. The number of hydrogen-bond donors (Lipinski definition) is 2. The minimum absolute atomic E-state index is 0.224. The molecule has 17 heavy (non-hydrogen) atoms. The van der Waals surface area contributed by atoms with Crippen molar-refractivity contribution < 1.29 is 0 Å². The zero-order valence-electron chi connectivity index (χ0n) is 11.2. The van der Waals surface area contributed by atoms with Crippen LogP contribution in [0.1, 0.15) is 45.6 Å². The van der Waals surface area contributed by atoms with E-state index in [0.717, 1.165) is 6.42 Å². The summed E-state index contributed by atoms with van der Waals surface area (Å²) in [5, 5.41) is 3.54. The van der Waals surface area contributed by atoms with E-state index in [9.17, 15) is 0 Å². The van der Waals surface area contributed by atoms with E-state index in [-0.39, 0.29) is 5.41 Å². The van der Waals surface area contributed by atoms with Crippen LogP contribution in [0.4, 0.5) is 5.69 Å². The second kappa shape index (κ2) is 4.69. The van der Waals surface area contributed by atoms with Gasteiger partial charge in [-0.15, -0.1) is 0 Å². The summed E-state index contributed by atoms with van der Waals surface area (Å²) >= 11 is 0. The fourth-order valence-corrected chi connectivity index (χ4v) is 2.45. The number of nitrogens with two attached hydrogens (primary N) is 1. The van der Waals surface area contributed by atoms with Crippen LogP contribution in [0.25, 0.3) is 0 Å². The fraction of sp³-hybridized carbons (Fsp3) is 0.600. The Morgan fingerprint density at radius 1 is 1.12 bits per heavy atom. The van der Waals surface area contributed by atoms with E-state index >= 15 is 0 Å². The van der Waals surface area contributed by atoms with Crippen molar-refractivity contribution in [3.8, 4) is 0 Å². The maximum Gasteiger partial charge on any atom is 0.0412 e. The first kappa shape index (κ1) is 12.4. The highest BCUT2D eigenvalue weighted by Gasteiger charge is 2.23. The van der Waals surface area contributed by atoms with Gasteiger partial charge < -0.3 is 11.1 Å². The Bertz CT molecular complexity index is 362. The largest absolute Gasteiger partial charge is 0.381 e. The summed E-state index contributed by atoms with van der Waals surface area (Å²) in [6.07, 6.45) is 3.60. The molecule has 2 rings (SSSR count). The van der Waals surface area contributed by atoms with Crippen molar-refractivity contribution in [3.63, 3.8) is 0 Å². The number of anilines is 1. The van der Waals surface area contributed by atoms with Gasteiger partial charge in [-0.05, 0) is 42.4 Å². The average Bonchev–Trinajstić information content (AvgIpc) is 2.64. The molecule has 1 aromatic carbocycles. The molecule has 3 N–H and O–H groups in total. The van der Waals surface area contributed by atoms with Crippen molar-refractivity contribution in [2.45, 2.75) is 57.5 Å². The third-order valence-corrected chi connectivity index (χ3v) is 3.67. The zero-order chi connectivity index (χ0) is 12.5. The average molecular weight is 232 g/mol. The van der Waals surface area contributed by atoms with Crippen molar-refractivity contribution >= 4 is 5.69 Å². The van der Waals surface area contributed by atoms with Gasteiger partial charge in [0.25, 0.3) is 0 Å². The molecule has 1 saturated carbocycles. The van der Waals surface area contributed by atoms with Gasteiger partial charge in [-0.3, -0.25) is 0 Å². The monoisotopic (exact) mass is 232 g/mol. The zero-order valence-corrected chi connectivity index (χ0v) is 11.2. The molecule has 94 valence electrons. The highest BCUT2D eigenvalue weighted by atomic mass is 15.0. The second-order valence-electron chi connectivity index (χ2n) is 6.17. The van der Waals surface area contributed by atoms with Crippen LogP contribution in [0.3, 0.4) is 0 Å². The van der Waals surface area contributed by atoms with E-state index < -0.39 is 0 Å². The molecule has 0 unspecified atom stereocenters. The van der Waals surface area contributed by atoms with Crippen LogP contribution < -0.4 is 11.1 Å². The van der Waals surface area contributed by atoms with E-state index in [1.165, 1.54) is 24.1 Å². The van der Waals surface area contributed by atoms with E-state index in [2.05, 4.69) is 50.4 Å². The van der Waals surface area contributed by atoms with Crippen LogP contribution in [0.15, 0.2) is 24.3 Å². The van der Waals surface area contributed by atoms with Gasteiger partial charge in [-0.1, -0.05) is 32.9 Å². The van der Waals surface area contributed by atoms with Gasteiger partial charge in [0.2, 0.25) is 0 Å². The summed E-state index contributed by atoms with van der Waals surface area (Å²) in [6.45, 7) is 6.72. The lowest BCUT2D eigenvalue weighted by molar-refractivity contribution is 0.590. The number of benzene rings is 1. The molecule has 0 radical (unpaired) electrons. The molecule has 1 aliphatic rings. The van der Waals surface area contributed by atoms with Crippen LogP contribution in [0.5, 0.6) is 0 Å². The third-order valence-electron chi connectivity index (χ3n) is 3.67. The molecular formula is C15H24N2. The van der Waals surface area contributed by atoms with Gasteiger partial charge in [0.05, 0.1) is 0 Å². The Labute approximate surface area is 105 Å². The normalized spacial score (nSPS) is 24.9. The van der Waals surface area contributed by atoms with E-state index in [1.807, 2.05) is 0 Å². The van der Waals surface area contributed by atoms with Crippen LogP contribution in [-0.2, 0) is 5.41 Å². The van der Waals surface area contributed by atoms with Crippen LogP contribution in [0, 0.1) is 0 Å². The van der Waals surface area contributed by atoms with Gasteiger partial charge in [-0.25, -0.2) is 0 Å². The van der Waals surface area contributed by atoms with Gasteiger partial charge in [0.1, 0.15) is 0 Å². The highest BCUT2D eigenvalue weighted by molar-refractivity contribution is 5.47. The van der Waals surface area contributed by atoms with Gasteiger partial charge in [-0.2, -0.15) is 0 Å². The molecule has 0 spiro atoms. The molecule has 0 aliphatic heterocycles. The smallest absolute Gasteiger partial charge is 0.0412 e. The standard InChI is InChI=1S/C15H24N2/c1-15(2,3)11-7-9-12(10-8-11)17-14-6-4-5-13(14)16/h7-10,13-14,17H,4-6,16H2,1-3H3/t13-,14-/m1/s1. The summed E-state index contributed by atoms with van der Waals surface area (Å²) < 4.78 is 0. The lowest BCUT2D eigenvalue weighted by Gasteiger charge is -2.21. The molecule has 2 heteroatoms. The Hall–Kier alpha value is -1.02. The lowest BCUT2D eigenvalue weighted by atomic mass is 9.87. The molecule has 0 aromatic heterocycles. The first-order chi connectivity index (χ1) is 7.97. The Balaban J connectivity index is 2.03. The topological polar surface area (TPSA) is 38.0 Å². The minimum Gasteiger partial charge on any atom is -0.381 e. The molecule has 2 atom stereocenters. The van der Waals surface area contributed by atoms with Crippen molar-refractivity contribution in [2.75, 3.05) is 5.32 Å². The summed E-state index contributed by atoms with van der Waals surface area (Å²) in [4.78, 5) is 0. The SMILES string of the molecule is CC(C)(C)c1ccc(N[C@@H]2CCC[C@H]2N)cc1. The van der Waals surface area contributed by atoms with Crippen LogP contribution in [0.2, 0.25) is 0 Å². The van der Waals surface area contributed by atoms with Crippen molar-refractivity contribution in [1.29, 1.82) is 0 Å². The predicted molar refractivity (Wildman–Crippen MR) is 74.4 cm³/mol. The van der Waals surface area contributed by atoms with Crippen molar-refractivity contribution in [2.24, 2.45) is 5.73 Å². The van der Waals surface area contributed by atoms with Crippen molar-refractivity contribution in [1.82, 2.24) is 0 Å². The molecule has 0 saturated heterocycles. The Morgan fingerprint density at radius 2 is 1.76 bits per heavy atom. The Kier molecular flexibility index (Phi) is 3.43. The maximum absolute atomic E-state index is 6.06.